The van der Waals surface area contributed by atoms with Gasteiger partial charge in [-0.1, -0.05) is 70.8 Å². The molecule has 0 radical (unpaired) electrons. The van der Waals surface area contributed by atoms with E-state index >= 15 is 0 Å². The number of aliphatic hydroxyl groups is 8. The summed E-state index contributed by atoms with van der Waals surface area (Å²) in [5.74, 6) is -1.35. The molecule has 0 spiro atoms. The van der Waals surface area contributed by atoms with Crippen LogP contribution in [0.2, 0.25) is 0 Å². The summed E-state index contributed by atoms with van der Waals surface area (Å²) in [5, 5.41) is 91.4. The van der Waals surface area contributed by atoms with Gasteiger partial charge in [-0.2, -0.15) is 0 Å². The van der Waals surface area contributed by atoms with E-state index in [1.54, 1.807) is 6.08 Å². The van der Waals surface area contributed by atoms with E-state index in [-0.39, 0.29) is 0 Å². The van der Waals surface area contributed by atoms with Crippen LogP contribution >= 0.6 is 0 Å². The first-order valence-electron chi connectivity index (χ1n) is 20.2. The molecule has 58 heavy (non-hydrogen) atoms. The van der Waals surface area contributed by atoms with Crippen molar-refractivity contribution < 1.29 is 69.4 Å². The molecule has 0 unspecified atom stereocenters. The minimum Gasteiger partial charge on any atom is -0.394 e. The smallest absolute Gasteiger partial charge is 0.330 e. The molecule has 3 saturated heterocycles. The number of hydrogen-bond acceptors (Lipinski definition) is 16. The lowest BCUT2D eigenvalue weighted by molar-refractivity contribution is -0.346. The Morgan fingerprint density at radius 3 is 1.97 bits per heavy atom. The highest BCUT2D eigenvalue weighted by Gasteiger charge is 2.53. The maximum absolute atomic E-state index is 13.1. The summed E-state index contributed by atoms with van der Waals surface area (Å²) in [5.41, 5.74) is -1.68. The van der Waals surface area contributed by atoms with Gasteiger partial charge in [0.15, 0.2) is 18.8 Å². The molecule has 4 heterocycles. The van der Waals surface area contributed by atoms with E-state index in [0.29, 0.717) is 6.42 Å². The molecule has 0 saturated carbocycles. The molecule has 3 aliphatic heterocycles. The number of hydrogen-bond donors (Lipinski definition) is 11. The number of nitrogens with one attached hydrogen (secondary N) is 3. The molecule has 0 aromatic carbocycles. The zero-order chi connectivity index (χ0) is 42.5. The third-order valence-electron chi connectivity index (χ3n) is 10.8. The number of allylic oxidation sites excluding steroid dienone is 1. The van der Waals surface area contributed by atoms with Gasteiger partial charge < -0.3 is 70.4 Å². The zero-order valence-corrected chi connectivity index (χ0v) is 33.0. The molecular weight excluding hydrogens is 768 g/mol. The van der Waals surface area contributed by atoms with Crippen LogP contribution in [0.5, 0.6) is 0 Å². The number of ether oxygens (including phenoxy) is 4. The van der Waals surface area contributed by atoms with Crippen LogP contribution in [-0.4, -0.2) is 155 Å². The fourth-order valence-corrected chi connectivity index (χ4v) is 7.50. The number of H-pyrrole nitrogens is 1. The number of aromatic amines is 1. The van der Waals surface area contributed by atoms with Gasteiger partial charge in [-0.25, -0.2) is 4.79 Å². The molecule has 1 aromatic rings. The Kier molecular flexibility index (Phi) is 18.9. The van der Waals surface area contributed by atoms with Crippen LogP contribution in [0.1, 0.15) is 97.1 Å². The molecule has 3 aliphatic rings. The average Bonchev–Trinajstić information content (AvgIpc) is 3.48. The predicted molar refractivity (Wildman–Crippen MR) is 203 cm³/mol. The molecule has 330 valence electrons. The van der Waals surface area contributed by atoms with E-state index in [1.807, 2.05) is 4.98 Å². The second kappa shape index (κ2) is 23.0. The topological polar surface area (TPSA) is 312 Å². The van der Waals surface area contributed by atoms with Crippen molar-refractivity contribution in [2.75, 3.05) is 6.61 Å². The molecule has 15 atom stereocenters. The van der Waals surface area contributed by atoms with E-state index in [0.717, 1.165) is 49.4 Å². The highest BCUT2D eigenvalue weighted by molar-refractivity contribution is 5.87. The number of nitrogens with zero attached hydrogens (tertiary/aromatic N) is 1. The number of rotatable bonds is 21. The fourth-order valence-electron chi connectivity index (χ4n) is 7.50. The van der Waals surface area contributed by atoms with Crippen molar-refractivity contribution in [3.8, 4) is 0 Å². The molecule has 11 N–H and O–H groups in total. The molecule has 20 nitrogen and oxygen atoms in total. The summed E-state index contributed by atoms with van der Waals surface area (Å²) in [6.45, 7) is 2.54. The normalized spacial score (nSPS) is 34.6. The zero-order valence-electron chi connectivity index (χ0n) is 33.0. The van der Waals surface area contributed by atoms with E-state index in [4.69, 9.17) is 18.9 Å². The first kappa shape index (κ1) is 47.6. The van der Waals surface area contributed by atoms with E-state index in [2.05, 4.69) is 17.6 Å². The van der Waals surface area contributed by atoms with Gasteiger partial charge >= 0.3 is 5.69 Å². The largest absolute Gasteiger partial charge is 0.394 e. The van der Waals surface area contributed by atoms with Gasteiger partial charge in [-0.15, -0.1) is 0 Å². The number of aliphatic hydroxyl groups excluding tert-OH is 8. The molecule has 2 amide bonds. The number of carbonyl (C=O) groups excluding carboxylic acids is 2. The highest BCUT2D eigenvalue weighted by Crippen LogP contribution is 2.34. The minimum atomic E-state index is -1.85. The summed E-state index contributed by atoms with van der Waals surface area (Å²) in [7, 11) is 0. The summed E-state index contributed by atoms with van der Waals surface area (Å²) in [6.07, 6.45) is -6.36. The van der Waals surface area contributed by atoms with Gasteiger partial charge in [0.1, 0.15) is 60.9 Å². The molecule has 0 aliphatic carbocycles. The number of unbranched alkanes of at least 4 members (excludes halogenated alkanes) is 10. The van der Waals surface area contributed by atoms with Crippen LogP contribution in [0, 0.1) is 0 Å². The maximum Gasteiger partial charge on any atom is 0.330 e. The summed E-state index contributed by atoms with van der Waals surface area (Å²) < 4.78 is 24.1. The van der Waals surface area contributed by atoms with Gasteiger partial charge in [0.05, 0.1) is 18.8 Å². The van der Waals surface area contributed by atoms with Gasteiger partial charge in [-0.3, -0.25) is 23.9 Å². The van der Waals surface area contributed by atoms with Crippen LogP contribution in [0.3, 0.4) is 0 Å². The van der Waals surface area contributed by atoms with Crippen molar-refractivity contribution in [3.63, 3.8) is 0 Å². The van der Waals surface area contributed by atoms with Crippen LogP contribution in [0.25, 0.3) is 0 Å². The van der Waals surface area contributed by atoms with Gasteiger partial charge in [0, 0.05) is 25.6 Å². The van der Waals surface area contributed by atoms with Gasteiger partial charge in [-0.05, 0) is 18.9 Å². The molecule has 4 rings (SSSR count). The Hall–Kier alpha value is -3.12. The molecular formula is C38H62N4O16. The lowest BCUT2D eigenvalue weighted by Gasteiger charge is -2.47. The van der Waals surface area contributed by atoms with Crippen molar-refractivity contribution in [1.82, 2.24) is 20.2 Å². The quantitative estimate of drug-likeness (QED) is 0.0457. The second-order valence-electron chi connectivity index (χ2n) is 15.3. The average molecular weight is 831 g/mol. The van der Waals surface area contributed by atoms with Crippen LogP contribution in [-0.2, 0) is 28.5 Å². The Balaban J connectivity index is 1.46. The van der Waals surface area contributed by atoms with Crippen molar-refractivity contribution in [2.24, 2.45) is 0 Å². The molecule has 0 bridgehead atoms. The lowest BCUT2D eigenvalue weighted by atomic mass is 9.91. The first-order chi connectivity index (χ1) is 27.7. The third-order valence-corrected chi connectivity index (χ3v) is 10.8. The van der Waals surface area contributed by atoms with Gasteiger partial charge in [0.2, 0.25) is 11.8 Å². The molecule has 3 fully saturated rings. The predicted octanol–water partition coefficient (Wildman–Crippen LogP) is -2.33. The Morgan fingerprint density at radius 2 is 1.38 bits per heavy atom. The molecule has 20 heteroatoms. The number of aromatic nitrogens is 2. The van der Waals surface area contributed by atoms with Crippen LogP contribution in [0.15, 0.2) is 34.0 Å². The number of amides is 2. The lowest BCUT2D eigenvalue weighted by Crippen LogP contribution is -2.68. The van der Waals surface area contributed by atoms with Gasteiger partial charge in [0.25, 0.3) is 5.56 Å². The van der Waals surface area contributed by atoms with E-state index < -0.39 is 128 Å². The Morgan fingerprint density at radius 1 is 0.810 bits per heavy atom. The minimum absolute atomic E-state index is 0.597. The van der Waals surface area contributed by atoms with E-state index in [9.17, 15) is 60.0 Å². The summed E-state index contributed by atoms with van der Waals surface area (Å²) in [4.78, 5) is 51.1. The highest BCUT2D eigenvalue weighted by atomic mass is 16.8. The number of carbonyl (C=O) groups is 2. The van der Waals surface area contributed by atoms with Crippen LogP contribution < -0.4 is 21.9 Å². The van der Waals surface area contributed by atoms with Crippen molar-refractivity contribution in [1.29, 1.82) is 0 Å². The maximum atomic E-state index is 13.1. The van der Waals surface area contributed by atoms with Crippen molar-refractivity contribution >= 4 is 11.8 Å². The fraction of sp³-hybridized carbons (Fsp3) is 0.789. The summed E-state index contributed by atoms with van der Waals surface area (Å²) in [6, 6.07) is -2.01. The van der Waals surface area contributed by atoms with E-state index in [1.165, 1.54) is 44.6 Å². The van der Waals surface area contributed by atoms with Crippen molar-refractivity contribution in [2.45, 2.75) is 183 Å². The monoisotopic (exact) mass is 830 g/mol. The third kappa shape index (κ3) is 12.7. The van der Waals surface area contributed by atoms with Crippen molar-refractivity contribution in [3.05, 3.63) is 45.3 Å². The van der Waals surface area contributed by atoms with Crippen LogP contribution in [0.4, 0.5) is 0 Å². The second-order valence-corrected chi connectivity index (χ2v) is 15.3. The molecule has 1 aromatic heterocycles. The first-order valence-corrected chi connectivity index (χ1v) is 20.2. The summed E-state index contributed by atoms with van der Waals surface area (Å²) >= 11 is 0. The Bertz CT molecular complexity index is 1580. The SMILES string of the molecule is CCCCCCCCCCCC/C=C/C(=O)N[C@@H]1[C@@H](O[C@@H]2O[C@@H](CO)[C@H](O)[C@@H](O)[C@@H]2NC(C)=O)O[C@@H](C[C@H](O)[C@@H]2O[C@H](n3ccc(=O)[nH]c3=O)[C@@H](O)[C@H]2O)[C@@H](O)[C@H]1O. The Labute approximate surface area is 335 Å². The standard InChI is InChI=1S/C38H62N4O16/c1-3-4-5-6-7-8-9-10-11-12-13-14-15-24(46)40-27-31(51)28(48)22(55-37(27)58-36-26(39-20(2)44)30(50)29(49)23(19-43)56-36)18-21(45)34-32(52)33(53)35(57-34)42-17-16-25(47)41-38(42)54/h14-17,21-23,26-37,43,45,48-53H,3-13,18-19H2,1-2H3,(H,39,44)(H,40,46)(H,41,47,54)/b15-14+/t21-,22-,23-,26-,27-,28+,29-,30-,31-,32+,33-,34-,35-,36-,37+/m0/s1.